The molecule has 1 aliphatic heterocycles. The maximum atomic E-state index is 12.4. The first-order valence-corrected chi connectivity index (χ1v) is 10.3. The molecule has 0 spiro atoms. The average molecular weight is 418 g/mol. The Labute approximate surface area is 179 Å². The van der Waals surface area contributed by atoms with E-state index in [-0.39, 0.29) is 12.1 Å². The van der Waals surface area contributed by atoms with E-state index in [2.05, 4.69) is 18.8 Å². The van der Waals surface area contributed by atoms with Crippen LogP contribution in [0.3, 0.4) is 0 Å². The number of nitrogens with two attached hydrogens (primary N) is 1. The highest BCUT2D eigenvalue weighted by atomic mass is 16.6. The highest BCUT2D eigenvalue weighted by Crippen LogP contribution is 2.18. The van der Waals surface area contributed by atoms with Gasteiger partial charge in [-0.15, -0.1) is 0 Å². The van der Waals surface area contributed by atoms with E-state index in [9.17, 15) is 4.79 Å². The third kappa shape index (κ3) is 6.16. The Kier molecular flexibility index (Phi) is 7.77. The van der Waals surface area contributed by atoms with Crippen LogP contribution in [0.15, 0.2) is 23.3 Å². The van der Waals surface area contributed by atoms with E-state index in [1.807, 2.05) is 44.8 Å². The number of aliphatic imine (C=N–C) groups is 1. The summed E-state index contributed by atoms with van der Waals surface area (Å²) in [4.78, 5) is 23.1. The van der Waals surface area contributed by atoms with Gasteiger partial charge in [0.05, 0.1) is 11.6 Å². The van der Waals surface area contributed by atoms with Crippen LogP contribution in [0.1, 0.15) is 47.1 Å². The summed E-state index contributed by atoms with van der Waals surface area (Å²) < 4.78 is 5.47. The van der Waals surface area contributed by atoms with Crippen LogP contribution in [-0.2, 0) is 4.74 Å². The van der Waals surface area contributed by atoms with Crippen molar-refractivity contribution in [3.8, 4) is 0 Å². The first-order valence-electron chi connectivity index (χ1n) is 10.3. The molecule has 1 saturated heterocycles. The van der Waals surface area contributed by atoms with Crippen molar-refractivity contribution in [2.24, 2.45) is 10.9 Å². The molecule has 0 radical (unpaired) electrons. The van der Waals surface area contributed by atoms with E-state index < -0.39 is 5.60 Å². The fourth-order valence-corrected chi connectivity index (χ4v) is 2.90. The zero-order valence-electron chi connectivity index (χ0n) is 18.9. The largest absolute Gasteiger partial charge is 0.444 e. The first kappa shape index (κ1) is 23.6. The predicted octanol–water partition coefficient (Wildman–Crippen LogP) is 2.83. The van der Waals surface area contributed by atoms with Gasteiger partial charge in [-0.2, -0.15) is 0 Å². The van der Waals surface area contributed by atoms with Crippen LogP contribution in [-0.4, -0.2) is 76.0 Å². The van der Waals surface area contributed by atoms with Crippen molar-refractivity contribution in [2.45, 2.75) is 53.2 Å². The number of nitrogen functional groups attached to an aromatic ring is 1. The zero-order chi connectivity index (χ0) is 22.5. The number of rotatable bonds is 5. The van der Waals surface area contributed by atoms with Crippen LogP contribution in [0.25, 0.3) is 0 Å². The molecule has 9 heteroatoms. The molecular weight excluding hydrogens is 382 g/mol. The highest BCUT2D eigenvalue weighted by Gasteiger charge is 2.30. The second-order valence-corrected chi connectivity index (χ2v) is 8.77. The molecule has 1 atom stereocenters. The molecule has 2 heterocycles. The fraction of sp³-hybridized carbons (Fsp3) is 0.619. The number of amidine groups is 1. The maximum absolute atomic E-state index is 12.4. The van der Waals surface area contributed by atoms with E-state index in [0.29, 0.717) is 49.3 Å². The number of nitrogens with one attached hydrogen (secondary N) is 1. The van der Waals surface area contributed by atoms with Gasteiger partial charge in [-0.3, -0.25) is 10.4 Å². The lowest BCUT2D eigenvalue weighted by Gasteiger charge is -2.40. The Hall–Kier alpha value is -2.68. The van der Waals surface area contributed by atoms with Crippen LogP contribution in [0, 0.1) is 11.3 Å². The molecule has 1 fully saturated rings. The normalized spacial score (nSPS) is 17.0. The molecule has 1 aromatic rings. The molecule has 0 bridgehead atoms. The number of nitrogens with zero attached hydrogens (tertiary/aromatic N) is 5. The quantitative estimate of drug-likeness (QED) is 0.563. The summed E-state index contributed by atoms with van der Waals surface area (Å²) in [5.41, 5.74) is 6.29. The van der Waals surface area contributed by atoms with Crippen LogP contribution in [0.2, 0.25) is 0 Å². The number of piperazine rings is 1. The molecule has 1 aliphatic rings. The second-order valence-electron chi connectivity index (χ2n) is 8.77. The molecule has 0 saturated carbocycles. The van der Waals surface area contributed by atoms with Crippen LogP contribution >= 0.6 is 0 Å². The third-order valence-corrected chi connectivity index (χ3v) is 4.92. The Morgan fingerprint density at radius 1 is 1.30 bits per heavy atom. The summed E-state index contributed by atoms with van der Waals surface area (Å²) in [7, 11) is 0. The van der Waals surface area contributed by atoms with Crippen molar-refractivity contribution in [3.05, 3.63) is 23.9 Å². The monoisotopic (exact) mass is 417 g/mol. The van der Waals surface area contributed by atoms with E-state index in [1.54, 1.807) is 16.1 Å². The van der Waals surface area contributed by atoms with Crippen LogP contribution < -0.4 is 5.73 Å². The minimum atomic E-state index is -0.528. The van der Waals surface area contributed by atoms with Crippen LogP contribution in [0.5, 0.6) is 0 Å². The van der Waals surface area contributed by atoms with Gasteiger partial charge in [0.2, 0.25) is 0 Å². The summed E-state index contributed by atoms with van der Waals surface area (Å²) in [5, 5.41) is 11.8. The number of carbonyl (C=O) groups excluding carboxylic acids is 1. The molecule has 0 aliphatic carbocycles. The van der Waals surface area contributed by atoms with Gasteiger partial charge in [0, 0.05) is 32.4 Å². The van der Waals surface area contributed by atoms with Crippen molar-refractivity contribution in [1.29, 1.82) is 5.41 Å². The smallest absolute Gasteiger partial charge is 0.410 e. The number of hydrazine groups is 1. The second kappa shape index (κ2) is 9.88. The standard InChI is InChI=1S/C21H35N7O2/c1-15(2)16(3)25-19(17-8-7-9-24-18(17)23)28(14-22)27-12-10-26(11-13-27)20(29)30-21(4,5)6/h7-9,14-16,22H,10-13H2,1-6H3,(H2,23,24)/b22-14?,25-19-/t16-/m0/s1. The van der Waals surface area contributed by atoms with Gasteiger partial charge < -0.3 is 15.4 Å². The lowest BCUT2D eigenvalue weighted by molar-refractivity contribution is -0.000997. The Balaban J connectivity index is 2.24. The number of amides is 1. The molecule has 30 heavy (non-hydrogen) atoms. The molecule has 2 rings (SSSR count). The number of hydrogen-bond donors (Lipinski definition) is 2. The molecule has 1 aromatic heterocycles. The number of hydrogen-bond acceptors (Lipinski definition) is 7. The van der Waals surface area contributed by atoms with Gasteiger partial charge in [-0.25, -0.2) is 19.8 Å². The van der Waals surface area contributed by atoms with Gasteiger partial charge in [-0.05, 0) is 45.7 Å². The maximum Gasteiger partial charge on any atom is 0.410 e. The lowest BCUT2D eigenvalue weighted by atomic mass is 10.1. The number of aromatic nitrogens is 1. The average Bonchev–Trinajstić information content (AvgIpc) is 2.67. The minimum Gasteiger partial charge on any atom is -0.444 e. The molecule has 0 aromatic carbocycles. The first-order chi connectivity index (χ1) is 14.0. The van der Waals surface area contributed by atoms with E-state index >= 15 is 0 Å². The Bertz CT molecular complexity index is 765. The van der Waals surface area contributed by atoms with Gasteiger partial charge in [0.15, 0.2) is 5.84 Å². The molecule has 166 valence electrons. The lowest BCUT2D eigenvalue weighted by Crippen LogP contribution is -2.57. The Morgan fingerprint density at radius 3 is 2.43 bits per heavy atom. The number of pyridine rings is 1. The van der Waals surface area contributed by atoms with Gasteiger partial charge in [0.25, 0.3) is 0 Å². The fourth-order valence-electron chi connectivity index (χ4n) is 2.90. The van der Waals surface area contributed by atoms with E-state index in [1.165, 1.54) is 6.34 Å². The molecule has 3 N–H and O–H groups in total. The topological polar surface area (TPSA) is 111 Å². The van der Waals surface area contributed by atoms with Crippen molar-refractivity contribution in [1.82, 2.24) is 19.9 Å². The van der Waals surface area contributed by atoms with Gasteiger partial charge in [0.1, 0.15) is 17.8 Å². The van der Waals surface area contributed by atoms with E-state index in [4.69, 9.17) is 20.9 Å². The Morgan fingerprint density at radius 2 is 1.93 bits per heavy atom. The SMILES string of the molecule is CC(C)[C@H](C)/N=C(/c1cccnc1N)N(C=N)N1CCN(C(=O)OC(C)(C)C)CC1. The zero-order valence-corrected chi connectivity index (χ0v) is 18.9. The van der Waals surface area contributed by atoms with Gasteiger partial charge >= 0.3 is 6.09 Å². The molecule has 0 unspecified atom stereocenters. The minimum absolute atomic E-state index is 0.0325. The summed E-state index contributed by atoms with van der Waals surface area (Å²) in [6.07, 6.45) is 2.56. The van der Waals surface area contributed by atoms with Crippen molar-refractivity contribution in [2.75, 3.05) is 31.9 Å². The van der Waals surface area contributed by atoms with Crippen molar-refractivity contribution in [3.63, 3.8) is 0 Å². The molecule has 9 nitrogen and oxygen atoms in total. The number of ether oxygens (including phenoxy) is 1. The van der Waals surface area contributed by atoms with Crippen molar-refractivity contribution < 1.29 is 9.53 Å². The summed E-state index contributed by atoms with van der Waals surface area (Å²) >= 11 is 0. The number of anilines is 1. The van der Waals surface area contributed by atoms with Gasteiger partial charge in [-0.1, -0.05) is 13.8 Å². The predicted molar refractivity (Wildman–Crippen MR) is 119 cm³/mol. The van der Waals surface area contributed by atoms with Crippen molar-refractivity contribution >= 4 is 24.1 Å². The highest BCUT2D eigenvalue weighted by molar-refractivity contribution is 6.06. The van der Waals surface area contributed by atoms with E-state index in [0.717, 1.165) is 0 Å². The summed E-state index contributed by atoms with van der Waals surface area (Å²) in [5.74, 6) is 1.28. The summed E-state index contributed by atoms with van der Waals surface area (Å²) in [6.45, 7) is 13.9. The molecule has 1 amide bonds. The molecular formula is C21H35N7O2. The number of carbonyl (C=O) groups is 1. The van der Waals surface area contributed by atoms with Crippen LogP contribution in [0.4, 0.5) is 10.6 Å². The third-order valence-electron chi connectivity index (χ3n) is 4.92. The summed E-state index contributed by atoms with van der Waals surface area (Å²) in [6, 6.07) is 3.70.